The highest BCUT2D eigenvalue weighted by molar-refractivity contribution is 7.91. The van der Waals surface area contributed by atoms with Crippen LogP contribution >= 0.6 is 12.4 Å². The lowest BCUT2D eigenvalue weighted by Gasteiger charge is -2.29. The number of aromatic nitrogens is 4. The summed E-state index contributed by atoms with van der Waals surface area (Å²) < 4.78 is 27.5. The van der Waals surface area contributed by atoms with Crippen LogP contribution in [0.1, 0.15) is 38.6 Å². The molecule has 4 heterocycles. The largest absolute Gasteiger partial charge is 0.368 e. The molecule has 0 radical (unpaired) electrons. The Morgan fingerprint density at radius 1 is 1.12 bits per heavy atom. The Morgan fingerprint density at radius 2 is 1.88 bits per heavy atom. The third-order valence-electron chi connectivity index (χ3n) is 6.40. The Hall–Kier alpha value is -2.43. The number of hydrogen-bond donors (Lipinski definition) is 2. The number of piperazine rings is 1. The normalized spacial score (nSPS) is 17.3. The summed E-state index contributed by atoms with van der Waals surface area (Å²) in [4.78, 5) is 16.0. The van der Waals surface area contributed by atoms with E-state index < -0.39 is 9.84 Å². The summed E-state index contributed by atoms with van der Waals surface area (Å²) >= 11 is 0. The molecule has 33 heavy (non-hydrogen) atoms. The standard InChI is InChI=1S/C22H29N7O2S.ClH/c1-2-32(30,31)20-13-16-14-25-22(27-21(16)29(20)17-5-3-4-6-17)26-19-8-7-18(15-24-19)28-11-9-23-10-12-28;/h7-8,13-15,17,23H,2-6,9-12H2,1H3,(H,24,25,26,27);1H. The van der Waals surface area contributed by atoms with Gasteiger partial charge in [0.15, 0.2) is 9.84 Å². The summed E-state index contributed by atoms with van der Waals surface area (Å²) in [7, 11) is -3.36. The zero-order chi connectivity index (χ0) is 22.1. The summed E-state index contributed by atoms with van der Waals surface area (Å²) in [5, 5.41) is 7.63. The minimum absolute atomic E-state index is 0. The quantitative estimate of drug-likeness (QED) is 0.541. The van der Waals surface area contributed by atoms with Crippen molar-refractivity contribution in [1.29, 1.82) is 0 Å². The maximum Gasteiger partial charge on any atom is 0.230 e. The summed E-state index contributed by atoms with van der Waals surface area (Å²) in [6, 6.07) is 5.85. The Kier molecular flexibility index (Phi) is 7.06. The van der Waals surface area contributed by atoms with Gasteiger partial charge in [-0.05, 0) is 31.0 Å². The number of nitrogens with zero attached hydrogens (tertiary/aromatic N) is 5. The lowest BCUT2D eigenvalue weighted by Crippen LogP contribution is -2.43. The number of fused-ring (bicyclic) bond motifs is 1. The van der Waals surface area contributed by atoms with Crippen LogP contribution in [0.5, 0.6) is 0 Å². The zero-order valence-electron chi connectivity index (χ0n) is 18.7. The molecule has 0 spiro atoms. The predicted octanol–water partition coefficient (Wildman–Crippen LogP) is 3.31. The average Bonchev–Trinajstić information content (AvgIpc) is 3.48. The van der Waals surface area contributed by atoms with Crippen LogP contribution in [0, 0.1) is 0 Å². The molecule has 0 unspecified atom stereocenters. The van der Waals surface area contributed by atoms with Gasteiger partial charge >= 0.3 is 0 Å². The van der Waals surface area contributed by atoms with E-state index in [-0.39, 0.29) is 24.2 Å². The third kappa shape index (κ3) is 4.78. The van der Waals surface area contributed by atoms with Crippen molar-refractivity contribution in [2.75, 3.05) is 42.1 Å². The van der Waals surface area contributed by atoms with Crippen LogP contribution in [0.2, 0.25) is 0 Å². The molecule has 5 rings (SSSR count). The van der Waals surface area contributed by atoms with Crippen LogP contribution in [0.4, 0.5) is 17.5 Å². The van der Waals surface area contributed by atoms with Gasteiger partial charge in [-0.15, -0.1) is 12.4 Å². The van der Waals surface area contributed by atoms with Crippen molar-refractivity contribution in [3.8, 4) is 0 Å². The van der Waals surface area contributed by atoms with Gasteiger partial charge in [0.25, 0.3) is 0 Å². The van der Waals surface area contributed by atoms with Crippen molar-refractivity contribution >= 4 is 50.7 Å². The van der Waals surface area contributed by atoms with Crippen LogP contribution in [-0.2, 0) is 9.84 Å². The lowest BCUT2D eigenvalue weighted by molar-refractivity contribution is 0.488. The second-order valence-electron chi connectivity index (χ2n) is 8.43. The summed E-state index contributed by atoms with van der Waals surface area (Å²) in [5.74, 6) is 1.14. The van der Waals surface area contributed by atoms with E-state index in [2.05, 4.69) is 25.5 Å². The average molecular weight is 492 g/mol. The summed E-state index contributed by atoms with van der Waals surface area (Å²) in [5.41, 5.74) is 1.76. The molecule has 1 saturated heterocycles. The third-order valence-corrected chi connectivity index (χ3v) is 8.11. The maximum atomic E-state index is 12.8. The van der Waals surface area contributed by atoms with Crippen LogP contribution in [-0.4, -0.2) is 59.9 Å². The second kappa shape index (κ2) is 9.82. The van der Waals surface area contributed by atoms with Gasteiger partial charge in [0.1, 0.15) is 16.5 Å². The molecule has 1 aliphatic carbocycles. The SMILES string of the molecule is CCS(=O)(=O)c1cc2cnc(Nc3ccc(N4CCNCC4)cn3)nc2n1C1CCCC1.Cl. The van der Waals surface area contributed by atoms with Crippen LogP contribution in [0.3, 0.4) is 0 Å². The van der Waals surface area contributed by atoms with Crippen LogP contribution in [0.15, 0.2) is 35.6 Å². The van der Waals surface area contributed by atoms with E-state index in [1.54, 1.807) is 19.2 Å². The molecule has 0 bridgehead atoms. The number of pyridine rings is 1. The molecule has 2 N–H and O–H groups in total. The van der Waals surface area contributed by atoms with Crippen molar-refractivity contribution in [2.24, 2.45) is 0 Å². The fourth-order valence-electron chi connectivity index (χ4n) is 4.63. The highest BCUT2D eigenvalue weighted by Gasteiger charge is 2.28. The van der Waals surface area contributed by atoms with Crippen molar-refractivity contribution in [3.05, 3.63) is 30.6 Å². The first-order valence-electron chi connectivity index (χ1n) is 11.3. The zero-order valence-corrected chi connectivity index (χ0v) is 20.3. The molecule has 3 aromatic heterocycles. The lowest BCUT2D eigenvalue weighted by atomic mass is 10.2. The molecule has 9 nitrogen and oxygen atoms in total. The molecule has 2 aliphatic rings. The van der Waals surface area contributed by atoms with Crippen LogP contribution in [0.25, 0.3) is 11.0 Å². The van der Waals surface area contributed by atoms with Gasteiger partial charge in [-0.2, -0.15) is 4.98 Å². The number of rotatable bonds is 6. The fraction of sp³-hybridized carbons (Fsp3) is 0.500. The van der Waals surface area contributed by atoms with Gasteiger partial charge in [-0.1, -0.05) is 19.8 Å². The van der Waals surface area contributed by atoms with Gasteiger partial charge in [0.2, 0.25) is 5.95 Å². The van der Waals surface area contributed by atoms with E-state index in [4.69, 9.17) is 4.98 Å². The van der Waals surface area contributed by atoms with Crippen molar-refractivity contribution in [2.45, 2.75) is 43.7 Å². The van der Waals surface area contributed by atoms with E-state index >= 15 is 0 Å². The van der Waals surface area contributed by atoms with E-state index in [0.29, 0.717) is 22.4 Å². The van der Waals surface area contributed by atoms with Crippen molar-refractivity contribution in [1.82, 2.24) is 24.8 Å². The molecule has 0 aromatic carbocycles. The first-order valence-corrected chi connectivity index (χ1v) is 13.0. The van der Waals surface area contributed by atoms with E-state index in [1.807, 2.05) is 22.9 Å². The Labute approximate surface area is 200 Å². The molecule has 0 amide bonds. The van der Waals surface area contributed by atoms with Gasteiger partial charge in [0, 0.05) is 43.8 Å². The van der Waals surface area contributed by atoms with Gasteiger partial charge in [0.05, 0.1) is 17.6 Å². The minimum atomic E-state index is -3.36. The van der Waals surface area contributed by atoms with Crippen molar-refractivity contribution < 1.29 is 8.42 Å². The maximum absolute atomic E-state index is 12.8. The molecule has 1 saturated carbocycles. The summed E-state index contributed by atoms with van der Waals surface area (Å²) in [6.07, 6.45) is 7.71. The monoisotopic (exact) mass is 491 g/mol. The molecule has 2 fully saturated rings. The van der Waals surface area contributed by atoms with Crippen molar-refractivity contribution in [3.63, 3.8) is 0 Å². The molecule has 11 heteroatoms. The number of hydrogen-bond acceptors (Lipinski definition) is 8. The molecular weight excluding hydrogens is 462 g/mol. The molecule has 3 aromatic rings. The van der Waals surface area contributed by atoms with Gasteiger partial charge in [-0.25, -0.2) is 18.4 Å². The smallest absolute Gasteiger partial charge is 0.230 e. The number of sulfone groups is 1. The first-order chi connectivity index (χ1) is 15.5. The van der Waals surface area contributed by atoms with Crippen LogP contribution < -0.4 is 15.5 Å². The predicted molar refractivity (Wildman–Crippen MR) is 133 cm³/mol. The Bertz CT molecular complexity index is 1200. The number of halogens is 1. The fourth-order valence-corrected chi connectivity index (χ4v) is 5.77. The highest BCUT2D eigenvalue weighted by Crippen LogP contribution is 2.36. The minimum Gasteiger partial charge on any atom is -0.368 e. The second-order valence-corrected chi connectivity index (χ2v) is 10.7. The number of nitrogens with one attached hydrogen (secondary N) is 2. The van der Waals surface area contributed by atoms with Gasteiger partial charge < -0.3 is 20.1 Å². The molecule has 0 atom stereocenters. The molecule has 1 aliphatic heterocycles. The molecular formula is C22H30ClN7O2S. The van der Waals surface area contributed by atoms with E-state index in [0.717, 1.165) is 62.9 Å². The van der Waals surface area contributed by atoms with E-state index in [9.17, 15) is 8.42 Å². The Morgan fingerprint density at radius 3 is 2.55 bits per heavy atom. The summed E-state index contributed by atoms with van der Waals surface area (Å²) in [6.45, 7) is 5.57. The molecule has 178 valence electrons. The first kappa shape index (κ1) is 23.7. The highest BCUT2D eigenvalue weighted by atomic mass is 35.5. The topological polar surface area (TPSA) is 105 Å². The van der Waals surface area contributed by atoms with E-state index in [1.165, 1.54) is 0 Å². The van der Waals surface area contributed by atoms with Gasteiger partial charge in [-0.3, -0.25) is 0 Å². The Balaban J connectivity index is 0.00000259. The number of anilines is 3.